The van der Waals surface area contributed by atoms with Crippen molar-refractivity contribution in [1.82, 2.24) is 0 Å². The number of allylic oxidation sites excluding steroid dienone is 2. The number of ketones is 2. The average molecular weight is 887 g/mol. The van der Waals surface area contributed by atoms with Crippen molar-refractivity contribution in [2.75, 3.05) is 32.1 Å². The summed E-state index contributed by atoms with van der Waals surface area (Å²) in [6.45, 7) is 0. The van der Waals surface area contributed by atoms with E-state index in [1.54, 1.807) is 0 Å². The number of benzene rings is 4. The third kappa shape index (κ3) is 9.89. The number of hydrogen-bond acceptors (Lipinski definition) is 15. The molecule has 10 N–H and O–H groups in total. The van der Waals surface area contributed by atoms with Gasteiger partial charge in [-0.2, -0.15) is 27.0 Å². The molecule has 2 aliphatic carbocycles. The van der Waals surface area contributed by atoms with Crippen molar-refractivity contribution in [3.8, 4) is 0 Å². The average Bonchev–Trinajstić information content (AvgIpc) is 3.19. The molecule has 0 aliphatic heterocycles. The van der Waals surface area contributed by atoms with Gasteiger partial charge in [-0.25, -0.2) is 14.4 Å². The lowest BCUT2D eigenvalue weighted by atomic mass is 9.94. The predicted molar refractivity (Wildman–Crippen MR) is 221 cm³/mol. The zero-order chi connectivity index (χ0) is 45.1. The molecule has 0 heterocycles. The molecule has 6 rings (SSSR count). The molecule has 0 spiro atoms. The van der Waals surface area contributed by atoms with Gasteiger partial charge in [-0.15, -0.1) is 0 Å². The maximum atomic E-state index is 13.4. The molecular formula is C37H26N8O15S2. The van der Waals surface area contributed by atoms with E-state index >= 15 is 0 Å². The van der Waals surface area contributed by atoms with E-state index in [1.807, 2.05) is 0 Å². The molecule has 0 saturated carbocycles. The Balaban J connectivity index is 1.19. The smallest absolute Gasteiger partial charge is 0.394 e. The van der Waals surface area contributed by atoms with E-state index in [0.717, 1.165) is 12.2 Å². The number of hydrogen-bond donors (Lipinski definition) is 10. The van der Waals surface area contributed by atoms with Crippen LogP contribution in [-0.2, 0) is 39.4 Å². The molecule has 0 aromatic heterocycles. The van der Waals surface area contributed by atoms with Crippen LogP contribution in [0.15, 0.2) is 105 Å². The van der Waals surface area contributed by atoms with Crippen molar-refractivity contribution in [2.24, 2.45) is 10.2 Å². The van der Waals surface area contributed by atoms with Gasteiger partial charge in [0.1, 0.15) is 9.81 Å². The second-order valence-electron chi connectivity index (χ2n) is 12.6. The number of nitrogens with one attached hydrogen (secondary N) is 6. The van der Waals surface area contributed by atoms with Gasteiger partial charge >= 0.3 is 29.8 Å². The van der Waals surface area contributed by atoms with Crippen LogP contribution in [-0.4, -0.2) is 88.9 Å². The molecule has 0 atom stereocenters. The van der Waals surface area contributed by atoms with E-state index in [0.29, 0.717) is 0 Å². The standard InChI is InChI=1S/C37H26N8O15S2/c46-31-25-9-7-21(11-17(25)13-27(61(55,56)57)29(31)44-42-23-5-1-3-19(15-23)38-33(48)35(50)51)40-37(54)41-22-8-10-26-18(12-22)14-28(62(58,59)60)30(32(26)47)45-43-24-6-2-4-20(16-24)39-34(49)36(52)53/h1-16,42-43H,(H,38,48)(H,39,49)(H,50,51)(H,52,53)(H2,40,41,54)(H,55,56,57)(H,58,59,60)/b44-29-,45-30+. The maximum absolute atomic E-state index is 13.4. The van der Waals surface area contributed by atoms with Gasteiger partial charge in [0.15, 0.2) is 11.4 Å². The van der Waals surface area contributed by atoms with Crippen molar-refractivity contribution in [3.05, 3.63) is 117 Å². The lowest BCUT2D eigenvalue weighted by Gasteiger charge is -2.18. The Morgan fingerprint density at radius 3 is 1.19 bits per heavy atom. The second-order valence-corrected chi connectivity index (χ2v) is 15.4. The van der Waals surface area contributed by atoms with E-state index in [4.69, 9.17) is 10.2 Å². The van der Waals surface area contributed by atoms with Crippen LogP contribution in [0.2, 0.25) is 0 Å². The summed E-state index contributed by atoms with van der Waals surface area (Å²) in [5, 5.41) is 34.4. The summed E-state index contributed by atoms with van der Waals surface area (Å²) in [5.41, 5.74) is 3.32. The lowest BCUT2D eigenvalue weighted by Crippen LogP contribution is -2.27. The van der Waals surface area contributed by atoms with Crippen molar-refractivity contribution in [1.29, 1.82) is 0 Å². The fourth-order valence-electron chi connectivity index (χ4n) is 5.67. The molecule has 2 aliphatic rings. The number of anilines is 6. The SMILES string of the molecule is O=C(Nc1ccc2c(c1)C=C(S(=O)(=O)O)/C(=N\Nc1cccc(NC(=O)C(=O)O)c1)C2=O)Nc1ccc2c(c1)C=C(S(=O)(=O)O)/C(=N/Nc1cccc(NC(=O)C(=O)O)c1)C2=O. The molecule has 25 heteroatoms. The largest absolute Gasteiger partial charge is 0.474 e. The first kappa shape index (κ1) is 43.2. The van der Waals surface area contributed by atoms with Crippen LogP contribution in [0, 0.1) is 0 Å². The van der Waals surface area contributed by atoms with Crippen LogP contribution in [0.25, 0.3) is 12.2 Å². The summed E-state index contributed by atoms with van der Waals surface area (Å²) in [7, 11) is -10.2. The van der Waals surface area contributed by atoms with E-state index in [2.05, 4.69) is 42.3 Å². The minimum Gasteiger partial charge on any atom is -0.474 e. The molecule has 316 valence electrons. The van der Waals surface area contributed by atoms with Crippen LogP contribution < -0.4 is 32.1 Å². The monoisotopic (exact) mass is 886 g/mol. The topological polar surface area (TPSA) is 366 Å². The summed E-state index contributed by atoms with van der Waals surface area (Å²) in [6.07, 6.45) is 1.84. The Kier molecular flexibility index (Phi) is 11.9. The quantitative estimate of drug-likeness (QED) is 0.0621. The molecular weight excluding hydrogens is 861 g/mol. The third-order valence-electron chi connectivity index (χ3n) is 8.36. The Bertz CT molecular complexity index is 2830. The number of Topliss-reactive ketones (excluding diaryl/α,β-unsaturated/α-hetero) is 2. The fourth-order valence-corrected chi connectivity index (χ4v) is 6.99. The molecule has 0 fully saturated rings. The minimum atomic E-state index is -5.09. The Hall–Kier alpha value is -8.39. The van der Waals surface area contributed by atoms with Crippen LogP contribution >= 0.6 is 0 Å². The first-order valence-corrected chi connectivity index (χ1v) is 19.9. The number of rotatable bonds is 10. The number of urea groups is 1. The molecule has 0 radical (unpaired) electrons. The Morgan fingerprint density at radius 2 is 0.839 bits per heavy atom. The second kappa shape index (κ2) is 17.1. The van der Waals surface area contributed by atoms with Crippen LogP contribution in [0.1, 0.15) is 31.8 Å². The number of carbonyl (C=O) groups is 7. The normalized spacial score (nSPS) is 14.7. The molecule has 4 amide bonds. The molecule has 0 unspecified atom stereocenters. The lowest BCUT2D eigenvalue weighted by molar-refractivity contribution is -0.147. The van der Waals surface area contributed by atoms with E-state index in [-0.39, 0.29) is 56.4 Å². The zero-order valence-corrected chi connectivity index (χ0v) is 32.4. The van der Waals surface area contributed by atoms with Gasteiger partial charge < -0.3 is 31.5 Å². The van der Waals surface area contributed by atoms with E-state index < -0.39 is 82.8 Å². The highest BCUT2D eigenvalue weighted by Crippen LogP contribution is 2.30. The van der Waals surface area contributed by atoms with Crippen molar-refractivity contribution >= 4 is 119 Å². The zero-order valence-electron chi connectivity index (χ0n) is 30.7. The first-order chi connectivity index (χ1) is 29.2. The number of carboxylic acids is 2. The number of hydrazone groups is 2. The molecule has 62 heavy (non-hydrogen) atoms. The van der Waals surface area contributed by atoms with E-state index in [1.165, 1.54) is 84.9 Å². The predicted octanol–water partition coefficient (Wildman–Crippen LogP) is 3.16. The number of aliphatic carboxylic acids is 2. The van der Waals surface area contributed by atoms with E-state index in [9.17, 15) is 59.5 Å². The third-order valence-corrected chi connectivity index (χ3v) is 10.1. The minimum absolute atomic E-state index is 0.0172. The Labute approximate surface area is 347 Å². The molecule has 23 nitrogen and oxygen atoms in total. The summed E-state index contributed by atoms with van der Waals surface area (Å²) in [6, 6.07) is 17.3. The van der Waals surface area contributed by atoms with Crippen molar-refractivity contribution in [3.63, 3.8) is 0 Å². The number of carbonyl (C=O) groups excluding carboxylic acids is 5. The highest BCUT2D eigenvalue weighted by molar-refractivity contribution is 7.91. The number of nitrogens with zero attached hydrogens (tertiary/aromatic N) is 2. The van der Waals surface area contributed by atoms with Crippen LogP contribution in [0.5, 0.6) is 0 Å². The highest BCUT2D eigenvalue weighted by atomic mass is 32.2. The fraction of sp³-hybridized carbons (Fsp3) is 0. The number of amides is 4. The summed E-state index contributed by atoms with van der Waals surface area (Å²) >= 11 is 0. The van der Waals surface area contributed by atoms with Gasteiger partial charge in [-0.05, 0) is 96.1 Å². The summed E-state index contributed by atoms with van der Waals surface area (Å²) < 4.78 is 69.4. The van der Waals surface area contributed by atoms with Crippen molar-refractivity contribution in [2.45, 2.75) is 0 Å². The molecule has 4 aromatic carbocycles. The van der Waals surface area contributed by atoms with Gasteiger partial charge in [-0.3, -0.25) is 39.1 Å². The van der Waals surface area contributed by atoms with Crippen molar-refractivity contribution < 1.29 is 69.7 Å². The number of carboxylic acid groups (broad SMARTS) is 2. The highest BCUT2D eigenvalue weighted by Gasteiger charge is 2.34. The molecule has 0 bridgehead atoms. The van der Waals surface area contributed by atoms with Gasteiger partial charge in [0, 0.05) is 33.9 Å². The van der Waals surface area contributed by atoms with Crippen LogP contribution in [0.4, 0.5) is 38.9 Å². The summed E-state index contributed by atoms with van der Waals surface area (Å²) in [5.74, 6) is -8.10. The van der Waals surface area contributed by atoms with Gasteiger partial charge in [0.2, 0.25) is 11.6 Å². The maximum Gasteiger partial charge on any atom is 0.394 e. The number of fused-ring (bicyclic) bond motifs is 2. The Morgan fingerprint density at radius 1 is 0.484 bits per heavy atom. The van der Waals surface area contributed by atoms with Crippen LogP contribution in [0.3, 0.4) is 0 Å². The summed E-state index contributed by atoms with van der Waals surface area (Å²) in [4.78, 5) is 82.8. The first-order valence-electron chi connectivity index (χ1n) is 17.0. The van der Waals surface area contributed by atoms with Gasteiger partial charge in [0.05, 0.1) is 11.4 Å². The molecule has 0 saturated heterocycles. The molecule has 4 aromatic rings. The van der Waals surface area contributed by atoms with Gasteiger partial charge in [0.25, 0.3) is 20.2 Å². The van der Waals surface area contributed by atoms with Gasteiger partial charge in [-0.1, -0.05) is 12.1 Å².